The topological polar surface area (TPSA) is 60.7 Å². The Morgan fingerprint density at radius 3 is 1.73 bits per heavy atom. The van der Waals surface area contributed by atoms with Gasteiger partial charge in [-0.05, 0) is 6.92 Å². The Bertz CT molecular complexity index is 172. The Kier molecular flexibility index (Phi) is 4.21. The first kappa shape index (κ1) is 11.6. The van der Waals surface area contributed by atoms with Gasteiger partial charge in [-0.15, -0.1) is 0 Å². The molecule has 1 unspecified atom stereocenters. The molecule has 0 aromatic heterocycles. The van der Waals surface area contributed by atoms with Gasteiger partial charge in [-0.25, -0.2) is 0 Å². The van der Waals surface area contributed by atoms with Crippen LogP contribution in [0.25, 0.3) is 0 Å². The largest absolute Gasteiger partial charge is 0.504 e. The molecule has 0 spiro atoms. The van der Waals surface area contributed by atoms with E-state index in [0.717, 1.165) is 0 Å². The Labute approximate surface area is 89.5 Å². The molecule has 0 heterocycles. The van der Waals surface area contributed by atoms with Crippen LogP contribution < -0.4 is 0 Å². The second-order valence-corrected chi connectivity index (χ2v) is 6.85. The lowest BCUT2D eigenvalue weighted by molar-refractivity contribution is 0.154. The van der Waals surface area contributed by atoms with Gasteiger partial charge in [-0.2, -0.15) is 0 Å². The molecular weight excluding hydrogens is 348 g/mol. The first-order valence-electron chi connectivity index (χ1n) is 2.63. The average Bonchev–Trinajstić information content (AvgIpc) is 1.85. The molecule has 0 radical (unpaired) electrons. The third-order valence-corrected chi connectivity index (χ3v) is 5.07. The first-order chi connectivity index (χ1) is 4.80. The molecule has 0 amide bonds. The molecule has 0 aliphatic rings. The van der Waals surface area contributed by atoms with Crippen LogP contribution in [0.1, 0.15) is 6.92 Å². The van der Waals surface area contributed by atoms with Gasteiger partial charge in [-0.1, -0.05) is 47.8 Å². The summed E-state index contributed by atoms with van der Waals surface area (Å²) in [5.74, 6) is -1.67. The molecule has 0 fully saturated rings. The van der Waals surface area contributed by atoms with Gasteiger partial charge < -0.3 is 15.3 Å². The highest BCUT2D eigenvalue weighted by Crippen LogP contribution is 2.40. The van der Waals surface area contributed by atoms with Crippen LogP contribution in [-0.2, 0) is 0 Å². The second-order valence-electron chi connectivity index (χ2n) is 1.91. The van der Waals surface area contributed by atoms with Crippen molar-refractivity contribution in [1.82, 2.24) is 0 Å². The van der Waals surface area contributed by atoms with E-state index in [1.54, 1.807) is 6.92 Å². The van der Waals surface area contributed by atoms with Crippen LogP contribution in [0.4, 0.5) is 0 Å². The summed E-state index contributed by atoms with van der Waals surface area (Å²) >= 11 is 9.26. The number of aliphatic hydroxyl groups excluding tert-OH is 2. The van der Waals surface area contributed by atoms with Crippen molar-refractivity contribution in [2.45, 2.75) is 15.0 Å². The summed E-state index contributed by atoms with van der Waals surface area (Å²) in [6, 6.07) is 0. The molecule has 3 N–H and O–H groups in total. The lowest BCUT2D eigenvalue weighted by Gasteiger charge is -2.21. The van der Waals surface area contributed by atoms with Crippen molar-refractivity contribution in [3.8, 4) is 0 Å². The zero-order valence-corrected chi connectivity index (χ0v) is 10.3. The molecule has 0 saturated carbocycles. The molecule has 66 valence electrons. The molecular formula is C5H7Br3O3. The zero-order chi connectivity index (χ0) is 9.23. The van der Waals surface area contributed by atoms with E-state index in [4.69, 9.17) is 15.3 Å². The van der Waals surface area contributed by atoms with Crippen LogP contribution in [0, 0.1) is 0 Å². The summed E-state index contributed by atoms with van der Waals surface area (Å²) in [6.07, 6.45) is 0. The van der Waals surface area contributed by atoms with Gasteiger partial charge in [0, 0.05) is 4.83 Å². The van der Waals surface area contributed by atoms with E-state index in [9.17, 15) is 0 Å². The number of aliphatic hydroxyl groups is 3. The molecule has 0 saturated heterocycles. The lowest BCUT2D eigenvalue weighted by Crippen LogP contribution is -2.26. The third-order valence-electron chi connectivity index (χ3n) is 1.03. The van der Waals surface area contributed by atoms with Crippen LogP contribution in [0.5, 0.6) is 0 Å². The van der Waals surface area contributed by atoms with Crippen LogP contribution >= 0.6 is 47.8 Å². The Hall–Kier alpha value is 0.580. The standard InChI is InChI=1S/C5H7Br3O3/c1-2(6)5(7,8)3(9)4(10)11/h2,9-11H,1H3. The number of allylic oxidation sites excluding steroid dienone is 1. The molecule has 0 aliphatic carbocycles. The average molecular weight is 355 g/mol. The Morgan fingerprint density at radius 2 is 1.64 bits per heavy atom. The van der Waals surface area contributed by atoms with Gasteiger partial charge in [0.25, 0.3) is 0 Å². The molecule has 0 aromatic carbocycles. The van der Waals surface area contributed by atoms with Crippen molar-refractivity contribution < 1.29 is 15.3 Å². The van der Waals surface area contributed by atoms with E-state index < -0.39 is 14.9 Å². The molecule has 0 aliphatic heterocycles. The molecule has 0 rings (SSSR count). The summed E-state index contributed by atoms with van der Waals surface area (Å²) in [6.45, 7) is 1.72. The fourth-order valence-corrected chi connectivity index (χ4v) is 0.909. The monoisotopic (exact) mass is 352 g/mol. The Morgan fingerprint density at radius 1 is 1.27 bits per heavy atom. The maximum Gasteiger partial charge on any atom is 0.316 e. The van der Waals surface area contributed by atoms with Crippen molar-refractivity contribution in [3.05, 3.63) is 11.7 Å². The van der Waals surface area contributed by atoms with Gasteiger partial charge in [-0.3, -0.25) is 0 Å². The molecule has 3 nitrogen and oxygen atoms in total. The summed E-state index contributed by atoms with van der Waals surface area (Å²) in [5.41, 5.74) is 0. The maximum absolute atomic E-state index is 9.08. The molecule has 1 atom stereocenters. The number of hydrogen-bond acceptors (Lipinski definition) is 3. The highest BCUT2D eigenvalue weighted by atomic mass is 79.9. The molecule has 11 heavy (non-hydrogen) atoms. The summed E-state index contributed by atoms with van der Waals surface area (Å²) < 4.78 is -1.04. The third kappa shape index (κ3) is 2.83. The summed E-state index contributed by atoms with van der Waals surface area (Å²) in [7, 11) is 0. The highest BCUT2D eigenvalue weighted by Gasteiger charge is 2.36. The Balaban J connectivity index is 4.70. The molecule has 0 bridgehead atoms. The number of rotatable bonds is 2. The van der Waals surface area contributed by atoms with Crippen LogP contribution in [0.2, 0.25) is 0 Å². The maximum atomic E-state index is 9.08. The number of hydrogen-bond donors (Lipinski definition) is 3. The van der Waals surface area contributed by atoms with Gasteiger partial charge in [0.05, 0.1) is 0 Å². The van der Waals surface area contributed by atoms with E-state index in [2.05, 4.69) is 47.8 Å². The normalized spacial score (nSPS) is 14.2. The lowest BCUT2D eigenvalue weighted by atomic mass is 10.3. The SMILES string of the molecule is CC(Br)C(Br)(Br)C(O)=C(O)O. The van der Waals surface area contributed by atoms with E-state index >= 15 is 0 Å². The van der Waals surface area contributed by atoms with Crippen LogP contribution in [0.3, 0.4) is 0 Å². The van der Waals surface area contributed by atoms with E-state index in [0.29, 0.717) is 0 Å². The zero-order valence-electron chi connectivity index (χ0n) is 5.55. The minimum atomic E-state index is -1.11. The quantitative estimate of drug-likeness (QED) is 0.527. The number of halogens is 3. The minimum Gasteiger partial charge on any atom is -0.504 e. The van der Waals surface area contributed by atoms with Gasteiger partial charge in [0.2, 0.25) is 5.76 Å². The van der Waals surface area contributed by atoms with Gasteiger partial charge in [0.15, 0.2) is 3.23 Å². The van der Waals surface area contributed by atoms with E-state index in [1.165, 1.54) is 0 Å². The van der Waals surface area contributed by atoms with Crippen molar-refractivity contribution in [2.24, 2.45) is 0 Å². The highest BCUT2D eigenvalue weighted by molar-refractivity contribution is 9.26. The number of alkyl halides is 3. The van der Waals surface area contributed by atoms with Gasteiger partial charge >= 0.3 is 5.95 Å². The van der Waals surface area contributed by atoms with Crippen molar-refractivity contribution in [2.75, 3.05) is 0 Å². The van der Waals surface area contributed by atoms with Crippen LogP contribution in [0.15, 0.2) is 11.7 Å². The minimum absolute atomic E-state index is 0.204. The predicted molar refractivity (Wildman–Crippen MR) is 53.9 cm³/mol. The molecule has 0 aromatic rings. The first-order valence-corrected chi connectivity index (χ1v) is 5.13. The van der Waals surface area contributed by atoms with Crippen molar-refractivity contribution in [3.63, 3.8) is 0 Å². The van der Waals surface area contributed by atoms with E-state index in [1.807, 2.05) is 0 Å². The van der Waals surface area contributed by atoms with Gasteiger partial charge in [0.1, 0.15) is 0 Å². The van der Waals surface area contributed by atoms with E-state index in [-0.39, 0.29) is 4.83 Å². The molecule has 6 heteroatoms. The predicted octanol–water partition coefficient (Wildman–Crippen LogP) is 3.10. The fraction of sp³-hybridized carbons (Fsp3) is 0.600. The summed E-state index contributed by atoms with van der Waals surface area (Å²) in [5, 5.41) is 26.1. The smallest absolute Gasteiger partial charge is 0.316 e. The van der Waals surface area contributed by atoms with Crippen molar-refractivity contribution >= 4 is 47.8 Å². The fourth-order valence-electron chi connectivity index (χ4n) is 0.337. The second kappa shape index (κ2) is 4.00. The van der Waals surface area contributed by atoms with Crippen molar-refractivity contribution in [1.29, 1.82) is 0 Å². The van der Waals surface area contributed by atoms with Crippen LogP contribution in [-0.4, -0.2) is 23.4 Å². The summed E-state index contributed by atoms with van der Waals surface area (Å²) in [4.78, 5) is -0.204.